The molecule has 3 unspecified atom stereocenters. The first kappa shape index (κ1) is 25.7. The molecular weight excluding hydrogens is 487 g/mol. The van der Waals surface area contributed by atoms with Gasteiger partial charge in [-0.3, -0.25) is 4.79 Å². The number of nitrogens with zero attached hydrogens (tertiary/aromatic N) is 5. The average molecular weight is 511 g/mol. The highest BCUT2D eigenvalue weighted by Gasteiger charge is 2.32. The summed E-state index contributed by atoms with van der Waals surface area (Å²) in [5.41, 5.74) is -0.0391. The number of nitrogens with one attached hydrogen (secondary N) is 1. The molecule has 3 atom stereocenters. The molecule has 0 saturated heterocycles. The fourth-order valence-electron chi connectivity index (χ4n) is 3.14. The molecule has 0 radical (unpaired) electrons. The number of hydrogen-bond acceptors (Lipinski definition) is 9. The number of hydrogen-bond donors (Lipinski definition) is 1. The van der Waals surface area contributed by atoms with Crippen molar-refractivity contribution in [3.63, 3.8) is 0 Å². The first-order valence-corrected chi connectivity index (χ1v) is 11.9. The van der Waals surface area contributed by atoms with E-state index in [9.17, 15) is 13.7 Å². The highest BCUT2D eigenvalue weighted by molar-refractivity contribution is 7.93. The minimum atomic E-state index is -1.74. The zero-order valence-corrected chi connectivity index (χ0v) is 20.8. The van der Waals surface area contributed by atoms with Gasteiger partial charge in [-0.2, -0.15) is 4.72 Å². The fourth-order valence-corrected chi connectivity index (χ4v) is 4.32. The monoisotopic (exact) mass is 510 g/mol. The van der Waals surface area contributed by atoms with Crippen LogP contribution in [0.3, 0.4) is 0 Å². The van der Waals surface area contributed by atoms with Crippen molar-refractivity contribution in [1.29, 1.82) is 0 Å². The van der Waals surface area contributed by atoms with E-state index in [2.05, 4.69) is 24.9 Å². The predicted molar refractivity (Wildman–Crippen MR) is 125 cm³/mol. The van der Waals surface area contributed by atoms with Gasteiger partial charge in [0.1, 0.15) is 28.3 Å². The van der Waals surface area contributed by atoms with Crippen LogP contribution in [-0.2, 0) is 20.9 Å². The lowest BCUT2D eigenvalue weighted by molar-refractivity contribution is -0.107. The second kappa shape index (κ2) is 11.0. The van der Waals surface area contributed by atoms with Gasteiger partial charge in [0.15, 0.2) is 11.6 Å². The van der Waals surface area contributed by atoms with Crippen molar-refractivity contribution in [2.24, 2.45) is 0 Å². The first-order chi connectivity index (χ1) is 16.2. The number of rotatable bonds is 10. The SMILES string of the molecule is CC/C(OC)=C(\C(=O)Cl)n1c(N[S+]([O-])C(C)C(C)c2ncc(F)cn2)nnc1-c1ccc(C)o1. The Bertz CT molecular complexity index is 1180. The van der Waals surface area contributed by atoms with Gasteiger partial charge in [0.2, 0.25) is 5.82 Å². The molecule has 13 heteroatoms. The second-order valence-electron chi connectivity index (χ2n) is 7.35. The summed E-state index contributed by atoms with van der Waals surface area (Å²) in [7, 11) is 1.41. The smallest absolute Gasteiger partial charge is 0.272 e. The Morgan fingerprint density at radius 1 is 1.32 bits per heavy atom. The Morgan fingerprint density at radius 2 is 2.00 bits per heavy atom. The van der Waals surface area contributed by atoms with E-state index in [1.54, 1.807) is 39.8 Å². The molecule has 0 bridgehead atoms. The van der Waals surface area contributed by atoms with Crippen molar-refractivity contribution >= 4 is 39.9 Å². The van der Waals surface area contributed by atoms with Crippen LogP contribution < -0.4 is 4.72 Å². The number of aromatic nitrogens is 5. The Kier molecular flexibility index (Phi) is 8.28. The summed E-state index contributed by atoms with van der Waals surface area (Å²) in [5, 5.41) is 6.87. The minimum Gasteiger partial charge on any atom is -0.593 e. The van der Waals surface area contributed by atoms with Gasteiger partial charge in [-0.25, -0.2) is 18.9 Å². The molecule has 0 aliphatic heterocycles. The number of allylic oxidation sites excluding steroid dienone is 2. The molecule has 3 aromatic rings. The van der Waals surface area contributed by atoms with E-state index in [0.29, 0.717) is 23.8 Å². The number of carbonyl (C=O) groups is 1. The highest BCUT2D eigenvalue weighted by Crippen LogP contribution is 2.31. The number of carbonyl (C=O) groups excluding carboxylic acids is 1. The van der Waals surface area contributed by atoms with Gasteiger partial charge < -0.3 is 13.7 Å². The summed E-state index contributed by atoms with van der Waals surface area (Å²) in [5.74, 6) is 0.761. The number of anilines is 1. The van der Waals surface area contributed by atoms with Crippen LogP contribution in [0.5, 0.6) is 0 Å². The largest absolute Gasteiger partial charge is 0.593 e. The zero-order chi connectivity index (χ0) is 25.0. The van der Waals surface area contributed by atoms with E-state index in [0.717, 1.165) is 12.4 Å². The molecule has 0 aromatic carbocycles. The second-order valence-corrected chi connectivity index (χ2v) is 9.23. The number of ether oxygens (including phenoxy) is 1. The van der Waals surface area contributed by atoms with E-state index >= 15 is 0 Å². The Balaban J connectivity index is 2.02. The quantitative estimate of drug-likeness (QED) is 0.186. The van der Waals surface area contributed by atoms with E-state index in [1.165, 1.54) is 11.7 Å². The minimum absolute atomic E-state index is 0.00605. The summed E-state index contributed by atoms with van der Waals surface area (Å²) in [6.45, 7) is 7.04. The highest BCUT2D eigenvalue weighted by atomic mass is 35.5. The van der Waals surface area contributed by atoms with Gasteiger partial charge in [0.05, 0.1) is 36.8 Å². The van der Waals surface area contributed by atoms with E-state index < -0.39 is 33.6 Å². The van der Waals surface area contributed by atoms with Crippen LogP contribution in [-0.4, -0.2) is 46.9 Å². The lowest BCUT2D eigenvalue weighted by Crippen LogP contribution is -2.31. The Morgan fingerprint density at radius 3 is 2.53 bits per heavy atom. The van der Waals surface area contributed by atoms with Crippen LogP contribution in [0, 0.1) is 12.7 Å². The molecule has 0 aliphatic rings. The summed E-state index contributed by atoms with van der Waals surface area (Å²) in [6.07, 6.45) is 2.45. The third-order valence-electron chi connectivity index (χ3n) is 5.15. The number of aryl methyl sites for hydroxylation is 1. The maximum Gasteiger partial charge on any atom is 0.272 e. The molecule has 0 spiro atoms. The number of halogens is 2. The van der Waals surface area contributed by atoms with Crippen LogP contribution in [0.1, 0.15) is 44.7 Å². The molecule has 1 N–H and O–H groups in total. The standard InChI is InChI=1S/C21H24ClFN6O4S/c1-6-15(32-5)17(18(22)30)29-20(16-8-7-11(2)33-16)26-27-21(29)28-34(31)13(4)12(3)19-24-9-14(23)10-25-19/h7-10,12-13H,6H2,1-5H3,(H,27,28)/b17-15-. The molecule has 3 heterocycles. The van der Waals surface area contributed by atoms with Gasteiger partial charge in [0, 0.05) is 6.42 Å². The van der Waals surface area contributed by atoms with Crippen molar-refractivity contribution in [3.05, 3.63) is 47.7 Å². The molecular formula is C21H24ClFN6O4S. The van der Waals surface area contributed by atoms with Crippen LogP contribution in [0.25, 0.3) is 17.3 Å². The molecule has 182 valence electrons. The van der Waals surface area contributed by atoms with E-state index in [1.807, 2.05) is 0 Å². The van der Waals surface area contributed by atoms with Crippen molar-refractivity contribution in [2.75, 3.05) is 11.8 Å². The molecule has 0 aliphatic carbocycles. The van der Waals surface area contributed by atoms with Gasteiger partial charge in [-0.05, 0) is 37.6 Å². The number of furan rings is 1. The molecule has 0 saturated carbocycles. The molecule has 0 amide bonds. The normalized spacial score (nSPS) is 14.8. The van der Waals surface area contributed by atoms with Crippen LogP contribution in [0.2, 0.25) is 0 Å². The maximum atomic E-state index is 13.2. The Labute approximate surface area is 203 Å². The van der Waals surface area contributed by atoms with Crippen LogP contribution in [0.15, 0.2) is 34.7 Å². The van der Waals surface area contributed by atoms with Crippen LogP contribution >= 0.6 is 11.6 Å². The summed E-state index contributed by atoms with van der Waals surface area (Å²) in [4.78, 5) is 20.4. The van der Waals surface area contributed by atoms with Gasteiger partial charge in [0.25, 0.3) is 11.2 Å². The summed E-state index contributed by atoms with van der Waals surface area (Å²) < 4.78 is 41.5. The third-order valence-corrected chi connectivity index (χ3v) is 6.79. The van der Waals surface area contributed by atoms with Gasteiger partial charge in [-0.1, -0.05) is 13.8 Å². The molecule has 0 fully saturated rings. The summed E-state index contributed by atoms with van der Waals surface area (Å²) >= 11 is 4.19. The van der Waals surface area contributed by atoms with Crippen molar-refractivity contribution in [2.45, 2.75) is 45.3 Å². The molecule has 3 rings (SSSR count). The fraction of sp³-hybridized carbons (Fsp3) is 0.381. The van der Waals surface area contributed by atoms with Crippen molar-refractivity contribution in [1.82, 2.24) is 24.7 Å². The van der Waals surface area contributed by atoms with Crippen LogP contribution in [0.4, 0.5) is 10.3 Å². The van der Waals surface area contributed by atoms with Gasteiger partial charge >= 0.3 is 0 Å². The first-order valence-electron chi connectivity index (χ1n) is 10.3. The lowest BCUT2D eigenvalue weighted by atomic mass is 10.1. The van der Waals surface area contributed by atoms with Crippen molar-refractivity contribution in [3.8, 4) is 11.6 Å². The van der Waals surface area contributed by atoms with Gasteiger partial charge in [-0.15, -0.1) is 10.2 Å². The zero-order valence-electron chi connectivity index (χ0n) is 19.2. The number of methoxy groups -OCH3 is 1. The molecule has 34 heavy (non-hydrogen) atoms. The topological polar surface area (TPSA) is 131 Å². The third kappa shape index (κ3) is 5.40. The summed E-state index contributed by atoms with van der Waals surface area (Å²) in [6, 6.07) is 3.40. The van der Waals surface area contributed by atoms with E-state index in [4.69, 9.17) is 20.8 Å². The Hall–Kier alpha value is -2.96. The lowest BCUT2D eigenvalue weighted by Gasteiger charge is -2.22. The predicted octanol–water partition coefficient (Wildman–Crippen LogP) is 4.03. The average Bonchev–Trinajstić information content (AvgIpc) is 3.42. The molecule has 3 aromatic heterocycles. The van der Waals surface area contributed by atoms with Crippen molar-refractivity contribution < 1.29 is 22.9 Å². The van der Waals surface area contributed by atoms with E-state index in [-0.39, 0.29) is 23.2 Å². The maximum absolute atomic E-state index is 13.2. The molecule has 10 nitrogen and oxygen atoms in total.